The SMILES string of the molecule is CCn1c(=O)n(CN2CCCc3cc(F)cc(F)c32)c2cc(S(=O)(=O)N(C)C)ccc21. The number of hydrogen-bond donors (Lipinski definition) is 0. The summed E-state index contributed by atoms with van der Waals surface area (Å²) in [4.78, 5) is 14.9. The molecule has 0 fully saturated rings. The number of imidazole rings is 1. The van der Waals surface area contributed by atoms with E-state index in [0.717, 1.165) is 10.4 Å². The van der Waals surface area contributed by atoms with E-state index in [0.29, 0.717) is 42.5 Å². The second-order valence-electron chi connectivity index (χ2n) is 7.80. The summed E-state index contributed by atoms with van der Waals surface area (Å²) < 4.78 is 57.6. The summed E-state index contributed by atoms with van der Waals surface area (Å²) in [6.45, 7) is 2.76. The molecule has 0 atom stereocenters. The second kappa shape index (κ2) is 7.76. The minimum atomic E-state index is -3.70. The number of fused-ring (bicyclic) bond motifs is 2. The van der Waals surface area contributed by atoms with Crippen molar-refractivity contribution in [1.82, 2.24) is 13.4 Å². The fraction of sp³-hybridized carbons (Fsp3) is 0.381. The van der Waals surface area contributed by atoms with Crippen molar-refractivity contribution in [2.45, 2.75) is 37.9 Å². The van der Waals surface area contributed by atoms with Crippen LogP contribution in [0.1, 0.15) is 18.9 Å². The number of aryl methyl sites for hydroxylation is 2. The van der Waals surface area contributed by atoms with Gasteiger partial charge in [-0.1, -0.05) is 0 Å². The lowest BCUT2D eigenvalue weighted by atomic mass is 10.0. The summed E-state index contributed by atoms with van der Waals surface area (Å²) in [5.74, 6) is -1.30. The Bertz CT molecular complexity index is 1330. The number of rotatable bonds is 5. The number of hydrogen-bond acceptors (Lipinski definition) is 4. The van der Waals surface area contributed by atoms with Crippen LogP contribution in [0.5, 0.6) is 0 Å². The number of nitrogens with zero attached hydrogens (tertiary/aromatic N) is 4. The van der Waals surface area contributed by atoms with Crippen LogP contribution in [-0.4, -0.2) is 42.5 Å². The number of aromatic nitrogens is 2. The third kappa shape index (κ3) is 3.53. The Hall–Kier alpha value is -2.72. The molecule has 0 bridgehead atoms. The molecule has 0 saturated heterocycles. The normalized spacial score (nSPS) is 14.5. The van der Waals surface area contributed by atoms with E-state index in [1.54, 1.807) is 15.5 Å². The van der Waals surface area contributed by atoms with Crippen LogP contribution in [-0.2, 0) is 29.7 Å². The maximum atomic E-state index is 14.6. The summed E-state index contributed by atoms with van der Waals surface area (Å²) in [6, 6.07) is 6.74. The number of benzene rings is 2. The van der Waals surface area contributed by atoms with Crippen molar-refractivity contribution in [3.8, 4) is 0 Å². The second-order valence-corrected chi connectivity index (χ2v) is 9.95. The first-order chi connectivity index (χ1) is 14.6. The molecule has 0 spiro atoms. The van der Waals surface area contributed by atoms with Gasteiger partial charge in [-0.25, -0.2) is 26.3 Å². The molecule has 1 aliphatic heterocycles. The maximum Gasteiger partial charge on any atom is 0.330 e. The van der Waals surface area contributed by atoms with Crippen LogP contribution in [0.2, 0.25) is 0 Å². The van der Waals surface area contributed by atoms with Gasteiger partial charge in [0.2, 0.25) is 10.0 Å². The zero-order chi connectivity index (χ0) is 22.5. The first-order valence-electron chi connectivity index (χ1n) is 10.0. The van der Waals surface area contributed by atoms with Gasteiger partial charge in [0.1, 0.15) is 11.6 Å². The molecular formula is C21H24F2N4O3S. The molecule has 0 radical (unpaired) electrons. The molecule has 7 nitrogen and oxygen atoms in total. The van der Waals surface area contributed by atoms with Crippen LogP contribution in [0.15, 0.2) is 40.0 Å². The summed E-state index contributed by atoms with van der Waals surface area (Å²) >= 11 is 0. The Kier molecular flexibility index (Phi) is 5.38. The standard InChI is InChI=1S/C21H24F2N4O3S/c1-4-26-18-8-7-16(31(29,30)24(2)3)12-19(18)27(21(26)28)13-25-9-5-6-14-10-15(22)11-17(23)20(14)25/h7-8,10-12H,4-6,9,13H2,1-3H3. The molecule has 0 aliphatic carbocycles. The third-order valence-electron chi connectivity index (χ3n) is 5.69. The molecule has 2 aromatic carbocycles. The van der Waals surface area contributed by atoms with E-state index in [9.17, 15) is 22.0 Å². The van der Waals surface area contributed by atoms with Gasteiger partial charge in [-0.2, -0.15) is 0 Å². The fourth-order valence-electron chi connectivity index (χ4n) is 4.16. The van der Waals surface area contributed by atoms with E-state index in [2.05, 4.69) is 0 Å². The minimum Gasteiger partial charge on any atom is -0.351 e. The lowest BCUT2D eigenvalue weighted by molar-refractivity contribution is 0.520. The van der Waals surface area contributed by atoms with Gasteiger partial charge in [0, 0.05) is 33.3 Å². The van der Waals surface area contributed by atoms with Crippen molar-refractivity contribution in [1.29, 1.82) is 0 Å². The third-order valence-corrected chi connectivity index (χ3v) is 7.51. The smallest absolute Gasteiger partial charge is 0.330 e. The monoisotopic (exact) mass is 450 g/mol. The predicted octanol–water partition coefficient (Wildman–Crippen LogP) is 2.76. The van der Waals surface area contributed by atoms with Crippen LogP contribution < -0.4 is 10.6 Å². The quantitative estimate of drug-likeness (QED) is 0.600. The van der Waals surface area contributed by atoms with E-state index in [-0.39, 0.29) is 22.9 Å². The van der Waals surface area contributed by atoms with E-state index in [1.807, 2.05) is 6.92 Å². The van der Waals surface area contributed by atoms with E-state index in [1.165, 1.54) is 36.9 Å². The van der Waals surface area contributed by atoms with Gasteiger partial charge < -0.3 is 4.90 Å². The van der Waals surface area contributed by atoms with Crippen LogP contribution in [0.3, 0.4) is 0 Å². The van der Waals surface area contributed by atoms with Gasteiger partial charge in [-0.15, -0.1) is 0 Å². The lowest BCUT2D eigenvalue weighted by Gasteiger charge is -2.31. The molecule has 3 aromatic rings. The molecular weight excluding hydrogens is 426 g/mol. The zero-order valence-corrected chi connectivity index (χ0v) is 18.4. The fourth-order valence-corrected chi connectivity index (χ4v) is 5.08. The Morgan fingerprint density at radius 1 is 1.06 bits per heavy atom. The molecule has 166 valence electrons. The number of sulfonamides is 1. The highest BCUT2D eigenvalue weighted by atomic mass is 32.2. The molecule has 0 N–H and O–H groups in total. The van der Waals surface area contributed by atoms with Gasteiger partial charge in [-0.3, -0.25) is 9.13 Å². The Balaban J connectivity index is 1.87. The van der Waals surface area contributed by atoms with E-state index >= 15 is 0 Å². The highest BCUT2D eigenvalue weighted by molar-refractivity contribution is 7.89. The molecule has 1 aliphatic rings. The van der Waals surface area contributed by atoms with Gasteiger partial charge in [0.05, 0.1) is 28.3 Å². The minimum absolute atomic E-state index is 0.0311. The van der Waals surface area contributed by atoms with Crippen LogP contribution >= 0.6 is 0 Å². The van der Waals surface area contributed by atoms with Crippen LogP contribution in [0.25, 0.3) is 11.0 Å². The molecule has 4 rings (SSSR count). The molecule has 31 heavy (non-hydrogen) atoms. The van der Waals surface area contributed by atoms with Crippen molar-refractivity contribution >= 4 is 26.7 Å². The zero-order valence-electron chi connectivity index (χ0n) is 17.6. The summed E-state index contributed by atoms with van der Waals surface area (Å²) in [5.41, 5.74) is 1.58. The Labute approximate surface area is 179 Å². The van der Waals surface area contributed by atoms with Crippen molar-refractivity contribution in [2.75, 3.05) is 25.5 Å². The molecule has 2 heterocycles. The topological polar surface area (TPSA) is 67.5 Å². The van der Waals surface area contributed by atoms with Crippen LogP contribution in [0, 0.1) is 11.6 Å². The highest BCUT2D eigenvalue weighted by Gasteiger charge is 2.25. The average molecular weight is 451 g/mol. The maximum absolute atomic E-state index is 14.6. The van der Waals surface area contributed by atoms with Gasteiger partial charge in [0.15, 0.2) is 0 Å². The molecule has 10 heteroatoms. The predicted molar refractivity (Wildman–Crippen MR) is 115 cm³/mol. The summed E-state index contributed by atoms with van der Waals surface area (Å²) in [6.07, 6.45) is 1.24. The number of anilines is 1. The van der Waals surface area contributed by atoms with E-state index in [4.69, 9.17) is 0 Å². The number of halogens is 2. The average Bonchev–Trinajstić information content (AvgIpc) is 2.97. The summed E-state index contributed by atoms with van der Waals surface area (Å²) in [7, 11) is -0.813. The highest BCUT2D eigenvalue weighted by Crippen LogP contribution is 2.32. The van der Waals surface area contributed by atoms with Gasteiger partial charge in [0.25, 0.3) is 0 Å². The van der Waals surface area contributed by atoms with Crippen molar-refractivity contribution < 1.29 is 17.2 Å². The lowest BCUT2D eigenvalue weighted by Crippen LogP contribution is -2.36. The van der Waals surface area contributed by atoms with Crippen molar-refractivity contribution in [3.05, 3.63) is 58.0 Å². The summed E-state index contributed by atoms with van der Waals surface area (Å²) in [5, 5.41) is 0. The van der Waals surface area contributed by atoms with Gasteiger partial charge in [-0.05, 0) is 49.6 Å². The molecule has 1 aromatic heterocycles. The molecule has 0 saturated carbocycles. The van der Waals surface area contributed by atoms with Crippen molar-refractivity contribution in [3.63, 3.8) is 0 Å². The molecule has 0 amide bonds. The van der Waals surface area contributed by atoms with Crippen molar-refractivity contribution in [2.24, 2.45) is 0 Å². The first-order valence-corrected chi connectivity index (χ1v) is 11.5. The first kappa shape index (κ1) is 21.5. The van der Waals surface area contributed by atoms with Gasteiger partial charge >= 0.3 is 5.69 Å². The Morgan fingerprint density at radius 3 is 2.48 bits per heavy atom. The largest absolute Gasteiger partial charge is 0.351 e. The van der Waals surface area contributed by atoms with Crippen LogP contribution in [0.4, 0.5) is 14.5 Å². The molecule has 0 unspecified atom stereocenters. The Morgan fingerprint density at radius 2 is 1.81 bits per heavy atom. The van der Waals surface area contributed by atoms with E-state index < -0.39 is 21.7 Å².